The molecule has 0 saturated heterocycles. The average molecular weight is 436 g/mol. The zero-order chi connectivity index (χ0) is 22.7. The number of halogens is 2. The Balaban J connectivity index is 1.89. The van der Waals surface area contributed by atoms with Crippen LogP contribution in [0.25, 0.3) is 0 Å². The van der Waals surface area contributed by atoms with Crippen LogP contribution in [0, 0.1) is 17.6 Å². The molecule has 2 N–H and O–H groups in total. The van der Waals surface area contributed by atoms with E-state index < -0.39 is 52.1 Å². The first-order chi connectivity index (χ1) is 14.8. The third-order valence-electron chi connectivity index (χ3n) is 5.16. The maximum absolute atomic E-state index is 13.8. The topological polar surface area (TPSA) is 107 Å². The third-order valence-corrected chi connectivity index (χ3v) is 5.16. The Bertz CT molecular complexity index is 1070. The zero-order valence-corrected chi connectivity index (χ0v) is 17.0. The lowest BCUT2D eigenvalue weighted by Gasteiger charge is -2.32. The fourth-order valence-corrected chi connectivity index (χ4v) is 3.48. The summed E-state index contributed by atoms with van der Waals surface area (Å²) in [5.74, 6) is -4.57. The van der Waals surface area contributed by atoms with Gasteiger partial charge in [-0.05, 0) is 13.0 Å². The van der Waals surface area contributed by atoms with Crippen molar-refractivity contribution in [2.24, 2.45) is 5.92 Å². The number of carbonyl (C=O) groups excluding carboxylic acids is 2. The number of hydrogen-bond donors (Lipinski definition) is 2. The van der Waals surface area contributed by atoms with Crippen molar-refractivity contribution in [2.75, 3.05) is 20.3 Å². The highest BCUT2D eigenvalue weighted by Gasteiger charge is 2.39. The number of benzene rings is 1. The summed E-state index contributed by atoms with van der Waals surface area (Å²) in [5.41, 5.74) is -1.65. The molecule has 3 rings (SSSR count). The number of ether oxygens (including phenoxy) is 2. The number of nitrogens with one attached hydrogen (secondary N) is 1. The highest BCUT2D eigenvalue weighted by Crippen LogP contribution is 2.28. The number of fused-ring (bicyclic) bond motifs is 1. The van der Waals surface area contributed by atoms with E-state index in [2.05, 4.69) is 5.32 Å². The van der Waals surface area contributed by atoms with Crippen LogP contribution in [0.15, 0.2) is 29.2 Å². The predicted octanol–water partition coefficient (Wildman–Crippen LogP) is 1.63. The number of hydrogen-bond acceptors (Lipinski definition) is 6. The van der Waals surface area contributed by atoms with Gasteiger partial charge in [0.2, 0.25) is 5.43 Å². The molecule has 166 valence electrons. The van der Waals surface area contributed by atoms with Crippen molar-refractivity contribution in [3.8, 4) is 5.75 Å². The molecule has 1 aromatic heterocycles. The normalized spacial score (nSPS) is 18.0. The van der Waals surface area contributed by atoms with Crippen LogP contribution in [-0.2, 0) is 22.6 Å². The van der Waals surface area contributed by atoms with Crippen molar-refractivity contribution in [2.45, 2.75) is 26.1 Å². The van der Waals surface area contributed by atoms with Crippen molar-refractivity contribution in [3.63, 3.8) is 0 Å². The Kier molecular flexibility index (Phi) is 6.81. The van der Waals surface area contributed by atoms with Crippen LogP contribution >= 0.6 is 0 Å². The quantitative estimate of drug-likeness (QED) is 0.683. The number of nitrogens with zero attached hydrogens (tertiary/aromatic N) is 1. The predicted molar refractivity (Wildman–Crippen MR) is 105 cm³/mol. The standard InChI is InChI=1S/C21H22F2N2O6/c1-3-31-10-14-16(30-2)9-25-8-13(19(27)20(28)17(25)18(14)26)21(29)24-7-11-4-5-12(22)6-15(11)23/h4-6,8,14,16,28H,3,7,9-10H2,1-2H3,(H,24,29)/t14-,16-/m0/s1. The minimum atomic E-state index is -1.03. The molecule has 0 saturated carbocycles. The van der Waals surface area contributed by atoms with E-state index in [0.29, 0.717) is 12.7 Å². The number of pyridine rings is 1. The maximum Gasteiger partial charge on any atom is 0.257 e. The van der Waals surface area contributed by atoms with E-state index >= 15 is 0 Å². The SMILES string of the molecule is CCOC[C@@H]1C(=O)c2c(O)c(=O)c(C(=O)NCc3ccc(F)cc3F)cn2C[C@@H]1OC. The molecule has 0 unspecified atom stereocenters. The van der Waals surface area contributed by atoms with Gasteiger partial charge >= 0.3 is 0 Å². The van der Waals surface area contributed by atoms with E-state index in [0.717, 1.165) is 12.3 Å². The van der Waals surface area contributed by atoms with E-state index in [1.54, 1.807) is 6.92 Å². The number of methoxy groups -OCH3 is 1. The van der Waals surface area contributed by atoms with Gasteiger partial charge in [0.1, 0.15) is 22.9 Å². The van der Waals surface area contributed by atoms with Gasteiger partial charge in [0.15, 0.2) is 11.5 Å². The number of amides is 1. The van der Waals surface area contributed by atoms with Crippen LogP contribution in [0.2, 0.25) is 0 Å². The number of aromatic nitrogens is 1. The maximum atomic E-state index is 13.8. The Morgan fingerprint density at radius 2 is 2.06 bits per heavy atom. The molecular formula is C21H22F2N2O6. The lowest BCUT2D eigenvalue weighted by atomic mass is 9.90. The van der Waals surface area contributed by atoms with Gasteiger partial charge in [-0.3, -0.25) is 14.4 Å². The lowest BCUT2D eigenvalue weighted by molar-refractivity contribution is -0.00624. The summed E-state index contributed by atoms with van der Waals surface area (Å²) in [6.07, 6.45) is 0.576. The van der Waals surface area contributed by atoms with E-state index in [9.17, 15) is 28.3 Å². The summed E-state index contributed by atoms with van der Waals surface area (Å²) in [6, 6.07) is 2.89. The van der Waals surface area contributed by atoms with E-state index in [1.807, 2.05) is 0 Å². The first-order valence-electron chi connectivity index (χ1n) is 9.61. The van der Waals surface area contributed by atoms with Crippen LogP contribution in [-0.4, -0.2) is 47.8 Å². The second kappa shape index (κ2) is 9.36. The van der Waals surface area contributed by atoms with Gasteiger partial charge in [0, 0.05) is 44.6 Å². The molecule has 10 heteroatoms. The lowest BCUT2D eigenvalue weighted by Crippen LogP contribution is -2.44. The molecule has 0 aliphatic carbocycles. The number of Topliss-reactive ketones (excluding diaryl/α,β-unsaturated/α-hetero) is 1. The molecule has 1 aliphatic rings. The Labute approximate surface area is 176 Å². The molecule has 1 aliphatic heterocycles. The average Bonchev–Trinajstić information content (AvgIpc) is 2.74. The van der Waals surface area contributed by atoms with Gasteiger partial charge in [-0.2, -0.15) is 0 Å². The van der Waals surface area contributed by atoms with E-state index in [1.165, 1.54) is 17.7 Å². The minimum Gasteiger partial charge on any atom is -0.503 e. The molecule has 0 spiro atoms. The van der Waals surface area contributed by atoms with E-state index in [4.69, 9.17) is 9.47 Å². The van der Waals surface area contributed by atoms with Crippen molar-refractivity contribution < 1.29 is 33.0 Å². The molecule has 2 aromatic rings. The number of rotatable bonds is 7. The van der Waals surface area contributed by atoms with E-state index in [-0.39, 0.29) is 31.0 Å². The molecule has 0 bridgehead atoms. The first kappa shape index (κ1) is 22.6. The second-order valence-electron chi connectivity index (χ2n) is 7.04. The Morgan fingerprint density at radius 1 is 1.32 bits per heavy atom. The molecule has 2 atom stereocenters. The van der Waals surface area contributed by atoms with Crippen LogP contribution in [0.5, 0.6) is 5.75 Å². The van der Waals surface area contributed by atoms with Crippen molar-refractivity contribution in [3.05, 3.63) is 63.1 Å². The van der Waals surface area contributed by atoms with Gasteiger partial charge in [0.25, 0.3) is 5.91 Å². The summed E-state index contributed by atoms with van der Waals surface area (Å²) in [7, 11) is 1.43. The third kappa shape index (κ3) is 4.49. The molecule has 2 heterocycles. The fourth-order valence-electron chi connectivity index (χ4n) is 3.48. The summed E-state index contributed by atoms with van der Waals surface area (Å²) < 4.78 is 38.8. The van der Waals surface area contributed by atoms with Gasteiger partial charge in [-0.1, -0.05) is 6.07 Å². The Morgan fingerprint density at radius 3 is 2.71 bits per heavy atom. The summed E-state index contributed by atoms with van der Waals surface area (Å²) >= 11 is 0. The summed E-state index contributed by atoms with van der Waals surface area (Å²) in [5, 5.41) is 12.7. The summed E-state index contributed by atoms with van der Waals surface area (Å²) in [6.45, 7) is 2.02. The molecule has 1 amide bonds. The van der Waals surface area contributed by atoms with Crippen molar-refractivity contribution >= 4 is 11.7 Å². The fraction of sp³-hybridized carbons (Fsp3) is 0.381. The monoisotopic (exact) mass is 436 g/mol. The number of carbonyl (C=O) groups is 2. The number of aromatic hydroxyl groups is 1. The largest absolute Gasteiger partial charge is 0.503 e. The van der Waals surface area contributed by atoms with Gasteiger partial charge in [-0.25, -0.2) is 8.78 Å². The molecule has 8 nitrogen and oxygen atoms in total. The smallest absolute Gasteiger partial charge is 0.257 e. The molecule has 1 aromatic carbocycles. The second-order valence-corrected chi connectivity index (χ2v) is 7.04. The molecular weight excluding hydrogens is 414 g/mol. The van der Waals surface area contributed by atoms with Crippen molar-refractivity contribution in [1.82, 2.24) is 9.88 Å². The molecule has 0 radical (unpaired) electrons. The van der Waals surface area contributed by atoms with Crippen LogP contribution < -0.4 is 10.7 Å². The van der Waals surface area contributed by atoms with Gasteiger partial charge in [-0.15, -0.1) is 0 Å². The Hall–Kier alpha value is -3.11. The first-order valence-corrected chi connectivity index (χ1v) is 9.61. The minimum absolute atomic E-state index is 0.0189. The van der Waals surface area contributed by atoms with Crippen LogP contribution in [0.4, 0.5) is 8.78 Å². The van der Waals surface area contributed by atoms with Crippen LogP contribution in [0.3, 0.4) is 0 Å². The molecule has 31 heavy (non-hydrogen) atoms. The van der Waals surface area contributed by atoms with Crippen molar-refractivity contribution in [1.29, 1.82) is 0 Å². The number of ketones is 1. The van der Waals surface area contributed by atoms with Gasteiger partial charge in [0.05, 0.1) is 18.6 Å². The highest BCUT2D eigenvalue weighted by molar-refractivity contribution is 6.01. The highest BCUT2D eigenvalue weighted by atomic mass is 19.1. The summed E-state index contributed by atoms with van der Waals surface area (Å²) in [4.78, 5) is 38.0. The zero-order valence-electron chi connectivity index (χ0n) is 17.0. The van der Waals surface area contributed by atoms with Gasteiger partial charge < -0.3 is 24.5 Å². The molecule has 0 fully saturated rings. The van der Waals surface area contributed by atoms with Crippen LogP contribution in [0.1, 0.15) is 33.3 Å².